The van der Waals surface area contributed by atoms with E-state index >= 15 is 0 Å². The summed E-state index contributed by atoms with van der Waals surface area (Å²) < 4.78 is 0. The zero-order valence-corrected chi connectivity index (χ0v) is 10.3. The van der Waals surface area contributed by atoms with E-state index in [0.717, 1.165) is 12.8 Å². The molecule has 1 N–H and O–H groups in total. The normalized spacial score (nSPS) is 27.9. The molecule has 0 bridgehead atoms. The topological polar surface area (TPSA) is 20.2 Å². The van der Waals surface area contributed by atoms with Gasteiger partial charge < -0.3 is 5.11 Å². The van der Waals surface area contributed by atoms with Gasteiger partial charge in [-0.15, -0.1) is 0 Å². The van der Waals surface area contributed by atoms with Crippen LogP contribution in [0.25, 0.3) is 0 Å². The van der Waals surface area contributed by atoms with Gasteiger partial charge in [0.15, 0.2) is 0 Å². The second kappa shape index (κ2) is 7.05. The summed E-state index contributed by atoms with van der Waals surface area (Å²) in [5.74, 6) is 1.08. The zero-order chi connectivity index (χ0) is 11.1. The van der Waals surface area contributed by atoms with Crippen molar-refractivity contribution in [3.05, 3.63) is 12.2 Å². The van der Waals surface area contributed by atoms with Gasteiger partial charge in [-0.2, -0.15) is 0 Å². The molecule has 0 fully saturated rings. The maximum atomic E-state index is 10.1. The van der Waals surface area contributed by atoms with Crippen LogP contribution in [0.4, 0.5) is 0 Å². The second-order valence-electron chi connectivity index (χ2n) is 4.95. The Morgan fingerprint density at radius 1 is 1.33 bits per heavy atom. The lowest BCUT2D eigenvalue weighted by atomic mass is 9.80. The Hall–Kier alpha value is -0.300. The quantitative estimate of drug-likeness (QED) is 0.520. The molecule has 0 aromatic heterocycles. The predicted molar refractivity (Wildman–Crippen MR) is 65.8 cm³/mol. The van der Waals surface area contributed by atoms with E-state index in [-0.39, 0.29) is 6.10 Å². The molecule has 3 atom stereocenters. The average Bonchev–Trinajstić information content (AvgIpc) is 2.25. The number of allylic oxidation sites excluding steroid dienone is 2. The fraction of sp³-hybridized carbons (Fsp3) is 0.857. The molecule has 15 heavy (non-hydrogen) atoms. The van der Waals surface area contributed by atoms with E-state index in [1.54, 1.807) is 0 Å². The van der Waals surface area contributed by atoms with Crippen molar-refractivity contribution >= 4 is 0 Å². The molecule has 1 aliphatic rings. The number of rotatable bonds is 6. The van der Waals surface area contributed by atoms with Gasteiger partial charge in [0, 0.05) is 0 Å². The largest absolute Gasteiger partial charge is 0.393 e. The van der Waals surface area contributed by atoms with Crippen molar-refractivity contribution in [2.75, 3.05) is 0 Å². The van der Waals surface area contributed by atoms with Gasteiger partial charge in [-0.1, -0.05) is 51.7 Å². The van der Waals surface area contributed by atoms with Gasteiger partial charge >= 0.3 is 0 Å². The summed E-state index contributed by atoms with van der Waals surface area (Å²) in [5, 5.41) is 10.1. The Labute approximate surface area is 94.6 Å². The molecule has 0 radical (unpaired) electrons. The molecule has 88 valence electrons. The van der Waals surface area contributed by atoms with Crippen molar-refractivity contribution in [2.24, 2.45) is 11.8 Å². The number of aliphatic hydroxyl groups is 1. The monoisotopic (exact) mass is 210 g/mol. The van der Waals surface area contributed by atoms with E-state index in [4.69, 9.17) is 0 Å². The van der Waals surface area contributed by atoms with Crippen molar-refractivity contribution in [3.8, 4) is 0 Å². The SMILES string of the molecule is CCCCCCC(O)C1CCC=CC1C. The van der Waals surface area contributed by atoms with E-state index in [1.165, 1.54) is 32.1 Å². The lowest BCUT2D eigenvalue weighted by Gasteiger charge is -2.29. The summed E-state index contributed by atoms with van der Waals surface area (Å²) in [6.07, 6.45) is 12.9. The number of unbranched alkanes of at least 4 members (excludes halogenated alkanes) is 3. The highest BCUT2D eigenvalue weighted by molar-refractivity contribution is 4.97. The van der Waals surface area contributed by atoms with Crippen molar-refractivity contribution in [3.63, 3.8) is 0 Å². The first-order chi connectivity index (χ1) is 7.25. The molecule has 1 nitrogen and oxygen atoms in total. The van der Waals surface area contributed by atoms with Crippen LogP contribution in [-0.4, -0.2) is 11.2 Å². The lowest BCUT2D eigenvalue weighted by Crippen LogP contribution is -2.27. The Morgan fingerprint density at radius 3 is 2.80 bits per heavy atom. The summed E-state index contributed by atoms with van der Waals surface area (Å²) >= 11 is 0. The first-order valence-electron chi connectivity index (χ1n) is 6.60. The van der Waals surface area contributed by atoms with Crippen LogP contribution in [0.3, 0.4) is 0 Å². The van der Waals surface area contributed by atoms with Crippen molar-refractivity contribution in [2.45, 2.75) is 64.9 Å². The summed E-state index contributed by atoms with van der Waals surface area (Å²) in [5.41, 5.74) is 0. The lowest BCUT2D eigenvalue weighted by molar-refractivity contribution is 0.0703. The smallest absolute Gasteiger partial charge is 0.0574 e. The Balaban J connectivity index is 2.20. The maximum Gasteiger partial charge on any atom is 0.0574 e. The minimum Gasteiger partial charge on any atom is -0.393 e. The van der Waals surface area contributed by atoms with Gasteiger partial charge in [0.1, 0.15) is 0 Å². The molecule has 1 heteroatoms. The van der Waals surface area contributed by atoms with E-state index < -0.39 is 0 Å². The first kappa shape index (κ1) is 12.8. The van der Waals surface area contributed by atoms with Gasteiger partial charge in [-0.05, 0) is 31.1 Å². The number of hydrogen-bond acceptors (Lipinski definition) is 1. The fourth-order valence-corrected chi connectivity index (χ4v) is 2.54. The molecule has 0 aromatic rings. The van der Waals surface area contributed by atoms with Crippen LogP contribution < -0.4 is 0 Å². The van der Waals surface area contributed by atoms with Gasteiger partial charge in [0.25, 0.3) is 0 Å². The highest BCUT2D eigenvalue weighted by Crippen LogP contribution is 2.29. The molecule has 0 saturated carbocycles. The standard InChI is InChI=1S/C14H26O/c1-3-4-5-6-11-14(15)13-10-8-7-9-12(13)2/h7,9,12-15H,3-6,8,10-11H2,1-2H3. The van der Waals surface area contributed by atoms with Crippen LogP contribution >= 0.6 is 0 Å². The number of hydrogen-bond donors (Lipinski definition) is 1. The molecule has 0 spiro atoms. The molecule has 0 heterocycles. The number of aliphatic hydroxyl groups excluding tert-OH is 1. The molecular weight excluding hydrogens is 184 g/mol. The zero-order valence-electron chi connectivity index (χ0n) is 10.3. The van der Waals surface area contributed by atoms with Crippen molar-refractivity contribution in [1.29, 1.82) is 0 Å². The predicted octanol–water partition coefficient (Wildman–Crippen LogP) is 3.92. The molecule has 0 amide bonds. The molecule has 0 saturated heterocycles. The first-order valence-corrected chi connectivity index (χ1v) is 6.60. The van der Waals surface area contributed by atoms with Gasteiger partial charge in [-0.25, -0.2) is 0 Å². The van der Waals surface area contributed by atoms with E-state index in [9.17, 15) is 5.11 Å². The maximum absolute atomic E-state index is 10.1. The van der Waals surface area contributed by atoms with Crippen LogP contribution in [0.1, 0.15) is 58.8 Å². The highest BCUT2D eigenvalue weighted by atomic mass is 16.3. The third-order valence-corrected chi connectivity index (χ3v) is 3.63. The molecule has 0 aromatic carbocycles. The summed E-state index contributed by atoms with van der Waals surface area (Å²) in [6, 6.07) is 0. The van der Waals surface area contributed by atoms with Gasteiger partial charge in [-0.3, -0.25) is 0 Å². The van der Waals surface area contributed by atoms with Gasteiger partial charge in [0.2, 0.25) is 0 Å². The highest BCUT2D eigenvalue weighted by Gasteiger charge is 2.24. The molecule has 1 rings (SSSR count). The van der Waals surface area contributed by atoms with E-state index in [0.29, 0.717) is 11.8 Å². The van der Waals surface area contributed by atoms with Crippen LogP contribution in [0.2, 0.25) is 0 Å². The summed E-state index contributed by atoms with van der Waals surface area (Å²) in [4.78, 5) is 0. The Kier molecular flexibility index (Phi) is 6.00. The molecular formula is C14H26O. The molecule has 1 aliphatic carbocycles. The third-order valence-electron chi connectivity index (χ3n) is 3.63. The third kappa shape index (κ3) is 4.38. The van der Waals surface area contributed by atoms with E-state index in [1.807, 2.05) is 0 Å². The molecule has 3 unspecified atom stereocenters. The van der Waals surface area contributed by atoms with Crippen molar-refractivity contribution in [1.82, 2.24) is 0 Å². The van der Waals surface area contributed by atoms with Gasteiger partial charge in [0.05, 0.1) is 6.10 Å². The molecule has 0 aliphatic heterocycles. The second-order valence-corrected chi connectivity index (χ2v) is 4.95. The summed E-state index contributed by atoms with van der Waals surface area (Å²) in [7, 11) is 0. The average molecular weight is 210 g/mol. The fourth-order valence-electron chi connectivity index (χ4n) is 2.54. The minimum atomic E-state index is -0.0678. The van der Waals surface area contributed by atoms with Crippen LogP contribution in [0.15, 0.2) is 12.2 Å². The Bertz CT molecular complexity index is 186. The summed E-state index contributed by atoms with van der Waals surface area (Å²) in [6.45, 7) is 4.46. The van der Waals surface area contributed by atoms with Crippen LogP contribution in [0, 0.1) is 11.8 Å². The van der Waals surface area contributed by atoms with Crippen LogP contribution in [-0.2, 0) is 0 Å². The van der Waals surface area contributed by atoms with Crippen molar-refractivity contribution < 1.29 is 5.11 Å². The minimum absolute atomic E-state index is 0.0678. The van der Waals surface area contributed by atoms with E-state index in [2.05, 4.69) is 26.0 Å². The van der Waals surface area contributed by atoms with Crippen LogP contribution in [0.5, 0.6) is 0 Å². The Morgan fingerprint density at radius 2 is 2.13 bits per heavy atom.